The zero-order chi connectivity index (χ0) is 14.5. The van der Waals surface area contributed by atoms with Crippen molar-refractivity contribution in [1.82, 2.24) is 4.90 Å². The van der Waals surface area contributed by atoms with Crippen LogP contribution in [0.2, 0.25) is 0 Å². The predicted molar refractivity (Wildman–Crippen MR) is 86.3 cm³/mol. The van der Waals surface area contributed by atoms with Gasteiger partial charge in [-0.3, -0.25) is 9.69 Å². The van der Waals surface area contributed by atoms with Crippen LogP contribution < -0.4 is 0 Å². The second-order valence-electron chi connectivity index (χ2n) is 7.04. The van der Waals surface area contributed by atoms with Gasteiger partial charge >= 0.3 is 0 Å². The molecule has 1 aliphatic carbocycles. The molecule has 2 aliphatic rings. The minimum atomic E-state index is 0.362. The fourth-order valence-corrected chi connectivity index (χ4v) is 4.12. The number of carbonyl (C=O) groups excluding carboxylic acids is 1. The number of carbonyl (C=O) groups is 1. The van der Waals surface area contributed by atoms with Crippen LogP contribution >= 0.6 is 0 Å². The molecule has 0 aromatic heterocycles. The van der Waals surface area contributed by atoms with Crippen LogP contribution in [0.4, 0.5) is 0 Å². The van der Waals surface area contributed by atoms with E-state index in [9.17, 15) is 4.79 Å². The van der Waals surface area contributed by atoms with Crippen molar-refractivity contribution in [1.29, 1.82) is 0 Å². The second kappa shape index (κ2) is 6.74. The number of hydrogen-bond acceptors (Lipinski definition) is 2. The lowest BCUT2D eigenvalue weighted by Gasteiger charge is -2.44. The van der Waals surface area contributed by atoms with Crippen LogP contribution in [0.5, 0.6) is 0 Å². The highest BCUT2D eigenvalue weighted by Crippen LogP contribution is 2.44. The van der Waals surface area contributed by atoms with E-state index in [0.717, 1.165) is 18.7 Å². The van der Waals surface area contributed by atoms with Gasteiger partial charge < -0.3 is 0 Å². The van der Waals surface area contributed by atoms with Crippen molar-refractivity contribution >= 4 is 5.78 Å². The van der Waals surface area contributed by atoms with E-state index in [0.29, 0.717) is 24.2 Å². The molecule has 1 aliphatic heterocycles. The Morgan fingerprint density at radius 3 is 2.29 bits per heavy atom. The summed E-state index contributed by atoms with van der Waals surface area (Å²) in [6.07, 6.45) is 10.3. The van der Waals surface area contributed by atoms with Crippen LogP contribution in [-0.4, -0.2) is 30.3 Å². The fraction of sp³-hybridized carbons (Fsp3) is 0.632. The third-order valence-corrected chi connectivity index (χ3v) is 5.48. The highest BCUT2D eigenvalue weighted by Gasteiger charge is 2.35. The van der Waals surface area contributed by atoms with Gasteiger partial charge in [-0.05, 0) is 49.8 Å². The molecule has 0 radical (unpaired) electrons. The lowest BCUT2D eigenvalue weighted by Crippen LogP contribution is -2.43. The molecule has 0 N–H and O–H groups in total. The number of piperidine rings is 1. The Kier molecular flexibility index (Phi) is 4.74. The first-order chi connectivity index (χ1) is 10.3. The molecule has 0 unspecified atom stereocenters. The van der Waals surface area contributed by atoms with Crippen LogP contribution in [-0.2, 0) is 11.2 Å². The van der Waals surface area contributed by atoms with Crippen molar-refractivity contribution in [2.24, 2.45) is 5.41 Å². The molecule has 1 saturated carbocycles. The van der Waals surface area contributed by atoms with E-state index < -0.39 is 0 Å². The fourth-order valence-electron chi connectivity index (χ4n) is 4.12. The topological polar surface area (TPSA) is 20.3 Å². The Morgan fingerprint density at radius 2 is 1.62 bits per heavy atom. The molecule has 0 atom stereocenters. The van der Waals surface area contributed by atoms with Crippen molar-refractivity contribution < 1.29 is 4.79 Å². The molecule has 1 spiro atoms. The van der Waals surface area contributed by atoms with E-state index >= 15 is 0 Å². The summed E-state index contributed by atoms with van der Waals surface area (Å²) in [5.41, 5.74) is 1.78. The summed E-state index contributed by atoms with van der Waals surface area (Å²) in [5, 5.41) is 0. The maximum absolute atomic E-state index is 12.2. The molecule has 0 amide bonds. The molecule has 1 aromatic rings. The number of hydrogen-bond donors (Lipinski definition) is 0. The van der Waals surface area contributed by atoms with Gasteiger partial charge in [0, 0.05) is 6.42 Å². The summed E-state index contributed by atoms with van der Waals surface area (Å²) in [5.74, 6) is 0.362. The molecule has 1 saturated heterocycles. The number of ketones is 1. The van der Waals surface area contributed by atoms with Crippen molar-refractivity contribution in [2.45, 2.75) is 51.4 Å². The Bertz CT molecular complexity index is 452. The van der Waals surface area contributed by atoms with Gasteiger partial charge in [-0.1, -0.05) is 49.6 Å². The minimum Gasteiger partial charge on any atom is -0.298 e. The molecule has 2 fully saturated rings. The number of benzene rings is 1. The van der Waals surface area contributed by atoms with E-state index in [1.54, 1.807) is 0 Å². The number of Topliss-reactive ketones (excluding diaryl/α,β-unsaturated/α-hetero) is 1. The summed E-state index contributed by atoms with van der Waals surface area (Å²) >= 11 is 0. The molecular weight excluding hydrogens is 258 g/mol. The summed E-state index contributed by atoms with van der Waals surface area (Å²) in [6.45, 7) is 2.89. The standard InChI is InChI=1S/C19H27NO/c21-18(15-17-7-3-1-4-8-17)16-20-13-11-19(12-14-20)9-5-2-6-10-19/h1,3-4,7-8H,2,5-6,9-16H2. The third-order valence-electron chi connectivity index (χ3n) is 5.48. The molecule has 1 heterocycles. The SMILES string of the molecule is O=C(Cc1ccccc1)CN1CCC2(CCCCC2)CC1. The van der Waals surface area contributed by atoms with Crippen LogP contribution in [0.3, 0.4) is 0 Å². The Labute approximate surface area is 128 Å². The first kappa shape index (κ1) is 14.8. The van der Waals surface area contributed by atoms with Crippen molar-refractivity contribution in [3.8, 4) is 0 Å². The molecule has 21 heavy (non-hydrogen) atoms. The average molecular weight is 285 g/mol. The lowest BCUT2D eigenvalue weighted by molar-refractivity contribution is -0.120. The van der Waals surface area contributed by atoms with Crippen molar-refractivity contribution in [2.75, 3.05) is 19.6 Å². The first-order valence-corrected chi connectivity index (χ1v) is 8.54. The van der Waals surface area contributed by atoms with Gasteiger partial charge in [0.1, 0.15) is 0 Å². The summed E-state index contributed by atoms with van der Waals surface area (Å²) < 4.78 is 0. The number of nitrogens with zero attached hydrogens (tertiary/aromatic N) is 1. The molecular formula is C19H27NO. The van der Waals surface area contributed by atoms with Crippen LogP contribution in [0.15, 0.2) is 30.3 Å². The highest BCUT2D eigenvalue weighted by molar-refractivity contribution is 5.82. The molecule has 114 valence electrons. The smallest absolute Gasteiger partial charge is 0.151 e. The maximum atomic E-state index is 12.2. The van der Waals surface area contributed by atoms with E-state index in [2.05, 4.69) is 4.90 Å². The monoisotopic (exact) mass is 285 g/mol. The molecule has 3 rings (SSSR count). The molecule has 1 aromatic carbocycles. The zero-order valence-electron chi connectivity index (χ0n) is 13.0. The zero-order valence-corrected chi connectivity index (χ0v) is 13.0. The largest absolute Gasteiger partial charge is 0.298 e. The van der Waals surface area contributed by atoms with E-state index in [4.69, 9.17) is 0 Å². The van der Waals surface area contributed by atoms with Gasteiger partial charge in [0.25, 0.3) is 0 Å². The summed E-state index contributed by atoms with van der Waals surface area (Å²) in [6, 6.07) is 10.1. The third kappa shape index (κ3) is 3.94. The summed E-state index contributed by atoms with van der Waals surface area (Å²) in [7, 11) is 0. The Hall–Kier alpha value is -1.15. The number of rotatable bonds is 4. The minimum absolute atomic E-state index is 0.362. The Balaban J connectivity index is 1.45. The first-order valence-electron chi connectivity index (χ1n) is 8.54. The van der Waals surface area contributed by atoms with Crippen LogP contribution in [0.25, 0.3) is 0 Å². The van der Waals surface area contributed by atoms with Gasteiger partial charge in [-0.25, -0.2) is 0 Å². The second-order valence-corrected chi connectivity index (χ2v) is 7.04. The van der Waals surface area contributed by atoms with Gasteiger partial charge in [0.05, 0.1) is 6.54 Å². The molecule has 2 heteroatoms. The average Bonchev–Trinajstić information content (AvgIpc) is 2.52. The molecule has 2 nitrogen and oxygen atoms in total. The normalized spacial score (nSPS) is 22.3. The summed E-state index contributed by atoms with van der Waals surface area (Å²) in [4.78, 5) is 14.6. The van der Waals surface area contributed by atoms with Crippen molar-refractivity contribution in [3.05, 3.63) is 35.9 Å². The van der Waals surface area contributed by atoms with E-state index in [1.165, 1.54) is 44.9 Å². The quantitative estimate of drug-likeness (QED) is 0.837. The van der Waals surface area contributed by atoms with Crippen LogP contribution in [0, 0.1) is 5.41 Å². The maximum Gasteiger partial charge on any atom is 0.151 e. The van der Waals surface area contributed by atoms with Crippen molar-refractivity contribution in [3.63, 3.8) is 0 Å². The lowest BCUT2D eigenvalue weighted by atomic mass is 9.68. The number of likely N-dealkylation sites (tertiary alicyclic amines) is 1. The molecule has 0 bridgehead atoms. The van der Waals surface area contributed by atoms with E-state index in [-0.39, 0.29) is 0 Å². The van der Waals surface area contributed by atoms with E-state index in [1.807, 2.05) is 30.3 Å². The Morgan fingerprint density at radius 1 is 0.952 bits per heavy atom. The highest BCUT2D eigenvalue weighted by atomic mass is 16.1. The predicted octanol–water partition coefficient (Wildman–Crippen LogP) is 3.84. The van der Waals surface area contributed by atoms with Gasteiger partial charge in [0.15, 0.2) is 5.78 Å². The van der Waals surface area contributed by atoms with Gasteiger partial charge in [-0.15, -0.1) is 0 Å². The van der Waals surface area contributed by atoms with Gasteiger partial charge in [0.2, 0.25) is 0 Å². The van der Waals surface area contributed by atoms with Gasteiger partial charge in [-0.2, -0.15) is 0 Å². The van der Waals surface area contributed by atoms with Crippen LogP contribution in [0.1, 0.15) is 50.5 Å².